The summed E-state index contributed by atoms with van der Waals surface area (Å²) < 4.78 is 15.0. The second-order valence-electron chi connectivity index (χ2n) is 2.69. The van der Waals surface area contributed by atoms with Gasteiger partial charge in [0.2, 0.25) is 5.28 Å². The number of nitrogens with zero attached hydrogens (tertiary/aromatic N) is 3. The molecule has 2 rings (SSSR count). The molecule has 0 saturated carbocycles. The van der Waals surface area contributed by atoms with Gasteiger partial charge in [-0.2, -0.15) is 0 Å². The van der Waals surface area contributed by atoms with Crippen LogP contribution >= 0.6 is 39.1 Å². The summed E-state index contributed by atoms with van der Waals surface area (Å²) in [5.41, 5.74) is 0.468. The standard InChI is InChI=1S/C8H3BrCl2FN3/c9-7-5(10)1-4(2-6(7)12)15-3-13-14-8(15)11/h1-3H. The van der Waals surface area contributed by atoms with E-state index in [0.29, 0.717) is 5.69 Å². The fraction of sp³-hybridized carbons (Fsp3) is 0. The number of rotatable bonds is 1. The number of benzene rings is 1. The molecule has 0 unspecified atom stereocenters. The predicted molar refractivity (Wildman–Crippen MR) is 59.0 cm³/mol. The van der Waals surface area contributed by atoms with Gasteiger partial charge in [0, 0.05) is 0 Å². The highest BCUT2D eigenvalue weighted by molar-refractivity contribution is 9.10. The lowest BCUT2D eigenvalue weighted by Gasteiger charge is -2.05. The summed E-state index contributed by atoms with van der Waals surface area (Å²) in [5.74, 6) is -0.470. The first-order valence-corrected chi connectivity index (χ1v) is 5.35. The van der Waals surface area contributed by atoms with Gasteiger partial charge in [0.25, 0.3) is 0 Å². The van der Waals surface area contributed by atoms with Gasteiger partial charge in [-0.15, -0.1) is 10.2 Å². The molecule has 3 nitrogen and oxygen atoms in total. The minimum atomic E-state index is -0.470. The SMILES string of the molecule is Fc1cc(-n2cnnc2Cl)cc(Cl)c1Br. The molecular weight excluding hydrogens is 308 g/mol. The van der Waals surface area contributed by atoms with Crippen LogP contribution in [0.15, 0.2) is 22.9 Å². The van der Waals surface area contributed by atoms with Gasteiger partial charge in [-0.1, -0.05) is 11.6 Å². The molecule has 1 aromatic carbocycles. The second-order valence-corrected chi connectivity index (χ2v) is 4.23. The molecule has 0 N–H and O–H groups in total. The van der Waals surface area contributed by atoms with Crippen molar-refractivity contribution in [1.29, 1.82) is 0 Å². The Balaban J connectivity index is 2.60. The lowest BCUT2D eigenvalue weighted by Crippen LogP contribution is -1.94. The van der Waals surface area contributed by atoms with E-state index >= 15 is 0 Å². The first-order valence-electron chi connectivity index (χ1n) is 3.80. The molecular formula is C8H3BrCl2FN3. The van der Waals surface area contributed by atoms with Gasteiger partial charge in [-0.05, 0) is 39.7 Å². The first kappa shape index (κ1) is 10.9. The Bertz CT molecular complexity index is 491. The topological polar surface area (TPSA) is 30.7 Å². The van der Waals surface area contributed by atoms with Crippen LogP contribution in [0.2, 0.25) is 10.3 Å². The van der Waals surface area contributed by atoms with Crippen LogP contribution < -0.4 is 0 Å². The Morgan fingerprint density at radius 3 is 2.60 bits per heavy atom. The number of hydrogen-bond donors (Lipinski definition) is 0. The highest BCUT2D eigenvalue weighted by atomic mass is 79.9. The van der Waals surface area contributed by atoms with Crippen molar-refractivity contribution >= 4 is 39.1 Å². The lowest BCUT2D eigenvalue weighted by atomic mass is 10.3. The minimum Gasteiger partial charge on any atom is -0.272 e. The molecule has 0 spiro atoms. The van der Waals surface area contributed by atoms with Crippen LogP contribution in [0.1, 0.15) is 0 Å². The number of halogens is 4. The molecule has 7 heteroatoms. The summed E-state index contributed by atoms with van der Waals surface area (Å²) in [6.07, 6.45) is 1.38. The Morgan fingerprint density at radius 2 is 2.07 bits per heavy atom. The second kappa shape index (κ2) is 4.08. The van der Waals surface area contributed by atoms with Crippen molar-refractivity contribution in [1.82, 2.24) is 14.8 Å². The summed E-state index contributed by atoms with van der Waals surface area (Å²) in [4.78, 5) is 0. The maximum absolute atomic E-state index is 13.3. The molecule has 0 bridgehead atoms. The summed E-state index contributed by atoms with van der Waals surface area (Å²) >= 11 is 14.5. The fourth-order valence-corrected chi connectivity index (χ4v) is 1.69. The fourth-order valence-electron chi connectivity index (χ4n) is 1.08. The van der Waals surface area contributed by atoms with Crippen LogP contribution in [-0.4, -0.2) is 14.8 Å². The van der Waals surface area contributed by atoms with Crippen LogP contribution in [0.3, 0.4) is 0 Å². The zero-order valence-corrected chi connectivity index (χ0v) is 10.2. The maximum atomic E-state index is 13.3. The molecule has 0 aliphatic heterocycles. The monoisotopic (exact) mass is 309 g/mol. The van der Waals surface area contributed by atoms with E-state index in [4.69, 9.17) is 23.2 Å². The summed E-state index contributed by atoms with van der Waals surface area (Å²) in [6, 6.07) is 2.84. The van der Waals surface area contributed by atoms with Crippen molar-refractivity contribution in [2.24, 2.45) is 0 Å². The quantitative estimate of drug-likeness (QED) is 0.755. The van der Waals surface area contributed by atoms with Gasteiger partial charge in [0.15, 0.2) is 0 Å². The first-order chi connectivity index (χ1) is 7.09. The van der Waals surface area contributed by atoms with Gasteiger partial charge in [-0.3, -0.25) is 4.57 Å². The lowest BCUT2D eigenvalue weighted by molar-refractivity contribution is 0.620. The van der Waals surface area contributed by atoms with Gasteiger partial charge in [0.1, 0.15) is 12.1 Å². The highest BCUT2D eigenvalue weighted by Crippen LogP contribution is 2.29. The summed E-state index contributed by atoms with van der Waals surface area (Å²) in [5, 5.41) is 7.56. The third-order valence-corrected chi connectivity index (χ3v) is 3.34. The van der Waals surface area contributed by atoms with E-state index in [-0.39, 0.29) is 14.8 Å². The maximum Gasteiger partial charge on any atom is 0.229 e. The van der Waals surface area contributed by atoms with Crippen molar-refractivity contribution in [3.63, 3.8) is 0 Å². The molecule has 0 saturated heterocycles. The molecule has 2 aromatic rings. The van der Waals surface area contributed by atoms with Crippen LogP contribution in [0.5, 0.6) is 0 Å². The zero-order valence-electron chi connectivity index (χ0n) is 7.09. The van der Waals surface area contributed by atoms with Crippen molar-refractivity contribution < 1.29 is 4.39 Å². The van der Waals surface area contributed by atoms with Gasteiger partial charge < -0.3 is 0 Å². The molecule has 0 radical (unpaired) electrons. The van der Waals surface area contributed by atoms with Crippen LogP contribution in [0, 0.1) is 5.82 Å². The molecule has 1 heterocycles. The molecule has 0 aliphatic rings. The Labute approximate surface area is 103 Å². The van der Waals surface area contributed by atoms with Gasteiger partial charge >= 0.3 is 0 Å². The number of aromatic nitrogens is 3. The average Bonchev–Trinajstić information content (AvgIpc) is 2.60. The van der Waals surface area contributed by atoms with Crippen molar-refractivity contribution in [2.45, 2.75) is 0 Å². The predicted octanol–water partition coefficient (Wildman–Crippen LogP) is 3.48. The Morgan fingerprint density at radius 1 is 1.33 bits per heavy atom. The van der Waals surface area contributed by atoms with Crippen molar-refractivity contribution in [3.8, 4) is 5.69 Å². The summed E-state index contributed by atoms with van der Waals surface area (Å²) in [7, 11) is 0. The molecule has 0 atom stereocenters. The molecule has 1 aromatic heterocycles. The van der Waals surface area contributed by atoms with E-state index in [9.17, 15) is 4.39 Å². The third kappa shape index (κ3) is 2.00. The summed E-state index contributed by atoms with van der Waals surface area (Å²) in [6.45, 7) is 0. The number of hydrogen-bond acceptors (Lipinski definition) is 2. The smallest absolute Gasteiger partial charge is 0.229 e. The molecule has 0 aliphatic carbocycles. The van der Waals surface area contributed by atoms with E-state index in [1.807, 2.05) is 0 Å². The highest BCUT2D eigenvalue weighted by Gasteiger charge is 2.10. The van der Waals surface area contributed by atoms with Crippen LogP contribution in [0.4, 0.5) is 4.39 Å². The van der Waals surface area contributed by atoms with E-state index in [1.54, 1.807) is 6.07 Å². The average molecular weight is 311 g/mol. The molecule has 0 amide bonds. The zero-order chi connectivity index (χ0) is 11.0. The van der Waals surface area contributed by atoms with Crippen molar-refractivity contribution in [2.75, 3.05) is 0 Å². The largest absolute Gasteiger partial charge is 0.272 e. The normalized spacial score (nSPS) is 10.7. The third-order valence-electron chi connectivity index (χ3n) is 1.75. The van der Waals surface area contributed by atoms with E-state index in [0.717, 1.165) is 0 Å². The van der Waals surface area contributed by atoms with E-state index in [2.05, 4.69) is 26.1 Å². The van der Waals surface area contributed by atoms with E-state index < -0.39 is 5.82 Å². The molecule has 0 fully saturated rings. The minimum absolute atomic E-state index is 0.146. The molecule has 78 valence electrons. The van der Waals surface area contributed by atoms with Crippen LogP contribution in [0.25, 0.3) is 5.69 Å². The van der Waals surface area contributed by atoms with Crippen molar-refractivity contribution in [3.05, 3.63) is 39.1 Å². The Hall–Kier alpha value is -0.650. The van der Waals surface area contributed by atoms with Gasteiger partial charge in [0.05, 0.1) is 15.2 Å². The van der Waals surface area contributed by atoms with Crippen LogP contribution in [-0.2, 0) is 0 Å². The van der Waals surface area contributed by atoms with Gasteiger partial charge in [-0.25, -0.2) is 4.39 Å². The Kier molecular flexibility index (Phi) is 2.95. The molecule has 15 heavy (non-hydrogen) atoms. The van der Waals surface area contributed by atoms with E-state index in [1.165, 1.54) is 17.0 Å².